The van der Waals surface area contributed by atoms with Gasteiger partial charge in [-0.3, -0.25) is 4.79 Å². The number of esters is 1. The molecule has 0 heterocycles. The van der Waals surface area contributed by atoms with Crippen LogP contribution in [-0.2, 0) is 20.7 Å². The molecule has 0 N–H and O–H groups in total. The van der Waals surface area contributed by atoms with E-state index in [-0.39, 0.29) is 17.6 Å². The number of fused-ring (bicyclic) bond motifs is 1. The number of carbonyl (C=O) groups excluding carboxylic acids is 2. The molecule has 3 nitrogen and oxygen atoms in total. The van der Waals surface area contributed by atoms with Crippen molar-refractivity contribution in [3.63, 3.8) is 0 Å². The van der Waals surface area contributed by atoms with Crippen molar-refractivity contribution in [2.45, 2.75) is 59.8 Å². The molecule has 2 aliphatic carbocycles. The highest BCUT2D eigenvalue weighted by molar-refractivity contribution is 6.25. The van der Waals surface area contributed by atoms with Gasteiger partial charge in [-0.2, -0.15) is 0 Å². The van der Waals surface area contributed by atoms with Crippen LogP contribution in [0.4, 0.5) is 0 Å². The molecule has 138 valence electrons. The van der Waals surface area contributed by atoms with Crippen LogP contribution in [-0.4, -0.2) is 11.8 Å². The molecule has 26 heavy (non-hydrogen) atoms. The van der Waals surface area contributed by atoms with Gasteiger partial charge in [0, 0.05) is 17.4 Å². The highest BCUT2D eigenvalue weighted by Crippen LogP contribution is 2.48. The summed E-state index contributed by atoms with van der Waals surface area (Å²) in [6, 6.07) is 4.25. The van der Waals surface area contributed by atoms with E-state index in [0.717, 1.165) is 48.8 Å². The standard InChI is InChI=1S/C23H28O3/c1-6-16-12-14(4)11-15(5)19(16)20-21(24)17-9-7-8-10-18(17)22(20)26-23(25)13(2)3/h11-12,17-18H,2,6-10H2,1,3-5H3/t17-,18?/m0/s1. The zero-order valence-corrected chi connectivity index (χ0v) is 16.3. The van der Waals surface area contributed by atoms with E-state index < -0.39 is 5.97 Å². The molecule has 1 aromatic carbocycles. The number of ketones is 1. The molecule has 0 saturated heterocycles. The van der Waals surface area contributed by atoms with Crippen LogP contribution in [0.5, 0.6) is 0 Å². The van der Waals surface area contributed by atoms with Crippen molar-refractivity contribution in [1.82, 2.24) is 0 Å². The van der Waals surface area contributed by atoms with E-state index in [0.29, 0.717) is 16.9 Å². The zero-order chi connectivity index (χ0) is 19.0. The fraction of sp³-hybridized carbons (Fsp3) is 0.478. The number of aryl methyl sites for hydroxylation is 3. The molecule has 1 fully saturated rings. The van der Waals surface area contributed by atoms with Gasteiger partial charge in [-0.05, 0) is 56.7 Å². The van der Waals surface area contributed by atoms with E-state index in [2.05, 4.69) is 32.6 Å². The summed E-state index contributed by atoms with van der Waals surface area (Å²) in [5.41, 5.74) is 5.39. The van der Waals surface area contributed by atoms with Crippen LogP contribution in [0.1, 0.15) is 61.8 Å². The number of allylic oxidation sites excluding steroid dienone is 2. The smallest absolute Gasteiger partial charge is 0.338 e. The quantitative estimate of drug-likeness (QED) is 0.560. The SMILES string of the molecule is C=C(C)C(=O)OC1=C(c2c(C)cc(C)cc2CC)C(=O)[C@H]2CCCCC12. The number of carbonyl (C=O) groups is 2. The molecule has 2 atom stereocenters. The third-order valence-corrected chi connectivity index (χ3v) is 5.68. The molecule has 0 aromatic heterocycles. The lowest BCUT2D eigenvalue weighted by atomic mass is 9.80. The van der Waals surface area contributed by atoms with Gasteiger partial charge in [0.1, 0.15) is 5.76 Å². The summed E-state index contributed by atoms with van der Waals surface area (Å²) in [5, 5.41) is 0. The highest BCUT2D eigenvalue weighted by Gasteiger charge is 2.46. The monoisotopic (exact) mass is 352 g/mol. The number of rotatable bonds is 4. The van der Waals surface area contributed by atoms with Crippen molar-refractivity contribution in [1.29, 1.82) is 0 Å². The van der Waals surface area contributed by atoms with E-state index in [4.69, 9.17) is 4.74 Å². The Kier molecular flexibility index (Phi) is 5.17. The van der Waals surface area contributed by atoms with Crippen LogP contribution in [0.2, 0.25) is 0 Å². The first-order valence-electron chi connectivity index (χ1n) is 9.61. The average molecular weight is 352 g/mol. The fourth-order valence-electron chi connectivity index (χ4n) is 4.50. The number of hydrogen-bond acceptors (Lipinski definition) is 3. The number of Topliss-reactive ketones (excluding diaryl/α,β-unsaturated/α-hetero) is 1. The second kappa shape index (κ2) is 7.22. The third-order valence-electron chi connectivity index (χ3n) is 5.68. The molecule has 1 saturated carbocycles. The lowest BCUT2D eigenvalue weighted by Crippen LogP contribution is -2.23. The summed E-state index contributed by atoms with van der Waals surface area (Å²) in [6.07, 6.45) is 4.77. The van der Waals surface area contributed by atoms with Crippen molar-refractivity contribution in [3.8, 4) is 0 Å². The number of benzene rings is 1. The molecule has 3 rings (SSSR count). The lowest BCUT2D eigenvalue weighted by Gasteiger charge is -2.25. The largest absolute Gasteiger partial charge is 0.427 e. The third kappa shape index (κ3) is 3.15. The summed E-state index contributed by atoms with van der Waals surface area (Å²) < 4.78 is 5.78. The first-order valence-corrected chi connectivity index (χ1v) is 9.61. The van der Waals surface area contributed by atoms with Crippen LogP contribution in [0.25, 0.3) is 5.57 Å². The van der Waals surface area contributed by atoms with Crippen molar-refractivity contribution in [2.24, 2.45) is 11.8 Å². The van der Waals surface area contributed by atoms with Crippen molar-refractivity contribution in [3.05, 3.63) is 52.3 Å². The minimum Gasteiger partial charge on any atom is -0.427 e. The first-order chi connectivity index (χ1) is 12.3. The number of ether oxygens (including phenoxy) is 1. The maximum Gasteiger partial charge on any atom is 0.338 e. The predicted octanol–water partition coefficient (Wildman–Crippen LogP) is 5.09. The Morgan fingerprint density at radius 1 is 1.19 bits per heavy atom. The summed E-state index contributed by atoms with van der Waals surface area (Å²) in [7, 11) is 0. The summed E-state index contributed by atoms with van der Waals surface area (Å²) in [6.45, 7) is 11.6. The fourth-order valence-corrected chi connectivity index (χ4v) is 4.50. The molecule has 0 bridgehead atoms. The molecule has 0 amide bonds. The Labute approximate surface area is 156 Å². The Morgan fingerprint density at radius 2 is 1.85 bits per heavy atom. The average Bonchev–Trinajstić information content (AvgIpc) is 2.87. The highest BCUT2D eigenvalue weighted by atomic mass is 16.5. The molecule has 1 unspecified atom stereocenters. The Balaban J connectivity index is 2.20. The van der Waals surface area contributed by atoms with E-state index in [1.807, 2.05) is 6.92 Å². The van der Waals surface area contributed by atoms with Crippen LogP contribution in [0.3, 0.4) is 0 Å². The normalized spacial score (nSPS) is 22.4. The second-order valence-corrected chi connectivity index (χ2v) is 7.74. The van der Waals surface area contributed by atoms with Crippen molar-refractivity contribution >= 4 is 17.3 Å². The van der Waals surface area contributed by atoms with Gasteiger partial charge in [-0.25, -0.2) is 4.79 Å². The topological polar surface area (TPSA) is 43.4 Å². The van der Waals surface area contributed by atoms with Crippen molar-refractivity contribution in [2.75, 3.05) is 0 Å². The van der Waals surface area contributed by atoms with Gasteiger partial charge in [0.15, 0.2) is 5.78 Å². The molecule has 0 aliphatic heterocycles. The van der Waals surface area contributed by atoms with Gasteiger partial charge >= 0.3 is 5.97 Å². The van der Waals surface area contributed by atoms with E-state index >= 15 is 0 Å². The minimum atomic E-state index is -0.431. The Hall–Kier alpha value is -2.16. The van der Waals surface area contributed by atoms with Gasteiger partial charge in [0.05, 0.1) is 5.57 Å². The predicted molar refractivity (Wildman–Crippen MR) is 104 cm³/mol. The molecular formula is C23H28O3. The van der Waals surface area contributed by atoms with Crippen LogP contribution in [0, 0.1) is 25.7 Å². The van der Waals surface area contributed by atoms with E-state index in [1.165, 1.54) is 5.56 Å². The van der Waals surface area contributed by atoms with Gasteiger partial charge in [-0.15, -0.1) is 0 Å². The first kappa shape index (κ1) is 18.6. The maximum absolute atomic E-state index is 13.3. The maximum atomic E-state index is 13.3. The Bertz CT molecular complexity index is 813. The molecule has 3 heteroatoms. The molecule has 2 aliphatic rings. The zero-order valence-electron chi connectivity index (χ0n) is 16.3. The van der Waals surface area contributed by atoms with Gasteiger partial charge in [0.2, 0.25) is 0 Å². The lowest BCUT2D eigenvalue weighted by molar-refractivity contribution is -0.136. The van der Waals surface area contributed by atoms with Crippen LogP contribution in [0.15, 0.2) is 30.0 Å². The molecule has 1 aromatic rings. The summed E-state index contributed by atoms with van der Waals surface area (Å²) in [4.78, 5) is 25.6. The molecule has 0 spiro atoms. The van der Waals surface area contributed by atoms with Gasteiger partial charge in [0.25, 0.3) is 0 Å². The Morgan fingerprint density at radius 3 is 2.46 bits per heavy atom. The summed E-state index contributed by atoms with van der Waals surface area (Å²) >= 11 is 0. The summed E-state index contributed by atoms with van der Waals surface area (Å²) in [5.74, 6) is 0.298. The van der Waals surface area contributed by atoms with Crippen LogP contribution < -0.4 is 0 Å². The van der Waals surface area contributed by atoms with Gasteiger partial charge < -0.3 is 4.74 Å². The van der Waals surface area contributed by atoms with Gasteiger partial charge in [-0.1, -0.05) is 44.0 Å². The van der Waals surface area contributed by atoms with E-state index in [1.54, 1.807) is 6.92 Å². The second-order valence-electron chi connectivity index (χ2n) is 7.74. The van der Waals surface area contributed by atoms with E-state index in [9.17, 15) is 9.59 Å². The van der Waals surface area contributed by atoms with Crippen LogP contribution >= 0.6 is 0 Å². The molecular weight excluding hydrogens is 324 g/mol. The van der Waals surface area contributed by atoms with Crippen molar-refractivity contribution < 1.29 is 14.3 Å². The number of hydrogen-bond donors (Lipinski definition) is 0. The minimum absolute atomic E-state index is 0.0277. The molecule has 0 radical (unpaired) electrons.